The number of alkyl halides is 3. The van der Waals surface area contributed by atoms with Crippen LogP contribution in [-0.2, 0) is 5.41 Å². The van der Waals surface area contributed by atoms with Gasteiger partial charge in [-0.1, -0.05) is 0 Å². The Hall–Kier alpha value is -3.20. The number of nitrogens with one attached hydrogen (secondary N) is 1. The molecule has 12 heteroatoms. The van der Waals surface area contributed by atoms with Gasteiger partial charge in [-0.3, -0.25) is 0 Å². The molecule has 8 nitrogen and oxygen atoms in total. The van der Waals surface area contributed by atoms with Crippen molar-refractivity contribution in [1.29, 1.82) is 5.26 Å². The van der Waals surface area contributed by atoms with E-state index in [9.17, 15) is 22.8 Å². The lowest BCUT2D eigenvalue weighted by atomic mass is 9.95. The Morgan fingerprint density at radius 1 is 1.18 bits per heavy atom. The Morgan fingerprint density at radius 2 is 1.97 bits per heavy atom. The van der Waals surface area contributed by atoms with Crippen molar-refractivity contribution in [2.75, 3.05) is 31.1 Å². The van der Waals surface area contributed by atoms with Crippen LogP contribution in [0.1, 0.15) is 42.7 Å². The van der Waals surface area contributed by atoms with Crippen LogP contribution in [0.3, 0.4) is 0 Å². The molecule has 1 aliphatic carbocycles. The first-order chi connectivity index (χ1) is 15.8. The summed E-state index contributed by atoms with van der Waals surface area (Å²) in [4.78, 5) is 1.49. The SMILES string of the molecule is N#Cc1ccc(N2C[C@]3(c4nnc(C5CCNCC5)o4)C[C@]3(C(F)(F)F)C2)c2c(F)cnn12. The number of hydrogen-bond donors (Lipinski definition) is 1. The summed E-state index contributed by atoms with van der Waals surface area (Å²) in [5, 5.41) is 24.6. The average Bonchev–Trinajstić information content (AvgIpc) is 3.21. The van der Waals surface area contributed by atoms with Crippen LogP contribution in [0, 0.1) is 22.6 Å². The van der Waals surface area contributed by atoms with E-state index in [4.69, 9.17) is 4.42 Å². The number of nitriles is 1. The largest absolute Gasteiger partial charge is 0.424 e. The maximum atomic E-state index is 14.6. The number of nitrogens with zero attached hydrogens (tertiary/aromatic N) is 6. The molecule has 2 aliphatic heterocycles. The standard InChI is InChI=1S/C21H19F4N7O/c22-14-8-28-32-13(7-26)1-2-15(16(14)32)31-10-19(9-20(19,11-31)21(23,24)25)18-30-29-17(33-18)12-3-5-27-6-4-12/h1-2,8,12,27H,3-6,9-11H2/t19-,20-/m0/s1. The molecule has 0 aromatic carbocycles. The predicted molar refractivity (Wildman–Crippen MR) is 106 cm³/mol. The van der Waals surface area contributed by atoms with Crippen LogP contribution in [0.4, 0.5) is 23.2 Å². The van der Waals surface area contributed by atoms with Crippen LogP contribution in [0.25, 0.3) is 5.52 Å². The van der Waals surface area contributed by atoms with E-state index in [-0.39, 0.29) is 48.2 Å². The molecule has 172 valence electrons. The third-order valence-corrected chi connectivity index (χ3v) is 7.45. The smallest absolute Gasteiger partial charge is 0.397 e. The van der Waals surface area contributed by atoms with Gasteiger partial charge in [0.15, 0.2) is 5.82 Å². The summed E-state index contributed by atoms with van der Waals surface area (Å²) in [5.74, 6) is -0.303. The molecule has 3 aromatic rings. The second kappa shape index (κ2) is 6.66. The molecule has 6 rings (SSSR count). The summed E-state index contributed by atoms with van der Waals surface area (Å²) in [6.07, 6.45) is -2.13. The molecule has 0 radical (unpaired) electrons. The third kappa shape index (κ3) is 2.68. The first-order valence-corrected chi connectivity index (χ1v) is 10.7. The lowest BCUT2D eigenvalue weighted by Crippen LogP contribution is -2.34. The van der Waals surface area contributed by atoms with Crippen molar-refractivity contribution in [3.05, 3.63) is 41.6 Å². The van der Waals surface area contributed by atoms with E-state index in [0.29, 0.717) is 5.89 Å². The van der Waals surface area contributed by atoms with Crippen molar-refractivity contribution >= 4 is 11.2 Å². The van der Waals surface area contributed by atoms with Gasteiger partial charge in [0.2, 0.25) is 11.8 Å². The van der Waals surface area contributed by atoms with Crippen LogP contribution >= 0.6 is 0 Å². The lowest BCUT2D eigenvalue weighted by Gasteiger charge is -2.24. The molecule has 2 atom stereocenters. The van der Waals surface area contributed by atoms with E-state index in [0.717, 1.165) is 36.6 Å². The molecule has 5 heterocycles. The first kappa shape index (κ1) is 20.4. The monoisotopic (exact) mass is 461 g/mol. The van der Waals surface area contributed by atoms with Crippen LogP contribution in [0.15, 0.2) is 22.7 Å². The zero-order chi connectivity index (χ0) is 23.0. The van der Waals surface area contributed by atoms with Crippen LogP contribution in [0.5, 0.6) is 0 Å². The van der Waals surface area contributed by atoms with Gasteiger partial charge in [0, 0.05) is 19.0 Å². The van der Waals surface area contributed by atoms with Crippen LogP contribution in [0.2, 0.25) is 0 Å². The number of piperidine rings is 2. The van der Waals surface area contributed by atoms with Gasteiger partial charge in [0.05, 0.1) is 17.3 Å². The number of rotatable bonds is 3. The molecular weight excluding hydrogens is 442 g/mol. The minimum absolute atomic E-state index is 0.00509. The fourth-order valence-corrected chi connectivity index (χ4v) is 5.62. The van der Waals surface area contributed by atoms with Gasteiger partial charge in [-0.25, -0.2) is 8.91 Å². The highest BCUT2D eigenvalue weighted by Crippen LogP contribution is 2.75. The fraction of sp³-hybridized carbons (Fsp3) is 0.524. The summed E-state index contributed by atoms with van der Waals surface area (Å²) in [6, 6.07) is 4.81. The van der Waals surface area contributed by atoms with Gasteiger partial charge in [-0.15, -0.1) is 10.2 Å². The van der Waals surface area contributed by atoms with Crippen molar-refractivity contribution < 1.29 is 22.0 Å². The van der Waals surface area contributed by atoms with Gasteiger partial charge in [0.1, 0.15) is 22.7 Å². The zero-order valence-corrected chi connectivity index (χ0v) is 17.4. The summed E-state index contributed by atoms with van der Waals surface area (Å²) < 4.78 is 64.6. The molecule has 0 unspecified atom stereocenters. The Balaban J connectivity index is 1.40. The summed E-state index contributed by atoms with van der Waals surface area (Å²) >= 11 is 0. The molecule has 1 N–H and O–H groups in total. The quantitative estimate of drug-likeness (QED) is 0.600. The highest BCUT2D eigenvalue weighted by molar-refractivity contribution is 5.76. The molecule has 33 heavy (non-hydrogen) atoms. The molecule has 2 saturated heterocycles. The maximum Gasteiger partial charge on any atom is 0.397 e. The predicted octanol–water partition coefficient (Wildman–Crippen LogP) is 2.91. The molecule has 1 saturated carbocycles. The van der Waals surface area contributed by atoms with E-state index in [1.807, 2.05) is 6.07 Å². The van der Waals surface area contributed by atoms with Crippen molar-refractivity contribution in [2.45, 2.75) is 36.8 Å². The lowest BCUT2D eigenvalue weighted by molar-refractivity contribution is -0.187. The molecule has 0 amide bonds. The summed E-state index contributed by atoms with van der Waals surface area (Å²) in [6.45, 7) is 1.17. The van der Waals surface area contributed by atoms with E-state index < -0.39 is 22.8 Å². The summed E-state index contributed by atoms with van der Waals surface area (Å²) in [5.41, 5.74) is -3.13. The Morgan fingerprint density at radius 3 is 2.70 bits per heavy atom. The van der Waals surface area contributed by atoms with Crippen molar-refractivity contribution in [1.82, 2.24) is 25.1 Å². The van der Waals surface area contributed by atoms with Crippen LogP contribution < -0.4 is 10.2 Å². The number of fused-ring (bicyclic) bond motifs is 2. The number of hydrogen-bond acceptors (Lipinski definition) is 7. The van der Waals surface area contributed by atoms with E-state index in [1.165, 1.54) is 17.0 Å². The highest BCUT2D eigenvalue weighted by atomic mass is 19.4. The molecule has 3 aromatic heterocycles. The van der Waals surface area contributed by atoms with E-state index in [1.54, 1.807) is 0 Å². The minimum atomic E-state index is -4.51. The van der Waals surface area contributed by atoms with E-state index >= 15 is 0 Å². The molecule has 0 spiro atoms. The van der Waals surface area contributed by atoms with Gasteiger partial charge in [-0.05, 0) is 44.5 Å². The molecular formula is C21H19F4N7O. The molecule has 3 fully saturated rings. The fourth-order valence-electron chi connectivity index (χ4n) is 5.62. The summed E-state index contributed by atoms with van der Waals surface area (Å²) in [7, 11) is 0. The Kier molecular flexibility index (Phi) is 4.12. The number of anilines is 1. The van der Waals surface area contributed by atoms with Crippen molar-refractivity contribution in [3.63, 3.8) is 0 Å². The van der Waals surface area contributed by atoms with Gasteiger partial charge >= 0.3 is 6.18 Å². The number of aromatic nitrogens is 4. The topological polar surface area (TPSA) is 95.3 Å². The first-order valence-electron chi connectivity index (χ1n) is 10.7. The van der Waals surface area contributed by atoms with E-state index in [2.05, 4.69) is 20.6 Å². The van der Waals surface area contributed by atoms with Gasteiger partial charge < -0.3 is 14.6 Å². The number of pyridine rings is 1. The minimum Gasteiger partial charge on any atom is -0.424 e. The molecule has 3 aliphatic rings. The van der Waals surface area contributed by atoms with Crippen LogP contribution in [-0.4, -0.2) is 52.2 Å². The number of halogens is 4. The second-order valence-electron chi connectivity index (χ2n) is 9.13. The van der Waals surface area contributed by atoms with Crippen molar-refractivity contribution in [2.24, 2.45) is 5.41 Å². The Labute approximate surface area is 185 Å². The average molecular weight is 461 g/mol. The highest BCUT2D eigenvalue weighted by Gasteiger charge is 2.86. The van der Waals surface area contributed by atoms with Gasteiger partial charge in [-0.2, -0.15) is 23.5 Å². The maximum absolute atomic E-state index is 14.6. The van der Waals surface area contributed by atoms with Gasteiger partial charge in [0.25, 0.3) is 0 Å². The Bertz CT molecular complexity index is 1290. The molecule has 0 bridgehead atoms. The normalized spacial score (nSPS) is 27.7. The second-order valence-corrected chi connectivity index (χ2v) is 9.13. The zero-order valence-electron chi connectivity index (χ0n) is 17.4. The third-order valence-electron chi connectivity index (χ3n) is 7.45. The van der Waals surface area contributed by atoms with Crippen molar-refractivity contribution in [3.8, 4) is 6.07 Å².